The van der Waals surface area contributed by atoms with Crippen molar-refractivity contribution in [1.29, 1.82) is 0 Å². The van der Waals surface area contributed by atoms with Crippen molar-refractivity contribution >= 4 is 29.4 Å². The standard InChI is InChI=1S/C12H24N2OS2/c1-16-7-4-2-3-5-14-12(15)9-11-10-17-8-6-13-11/h11,13H,2-10H2,1H3,(H,14,15). The molecule has 1 saturated heterocycles. The van der Waals surface area contributed by atoms with Crippen LogP contribution in [0.1, 0.15) is 25.7 Å². The number of thioether (sulfide) groups is 2. The number of amides is 1. The van der Waals surface area contributed by atoms with E-state index in [9.17, 15) is 4.79 Å². The topological polar surface area (TPSA) is 41.1 Å². The molecule has 5 heteroatoms. The average molecular weight is 276 g/mol. The van der Waals surface area contributed by atoms with Gasteiger partial charge in [0.1, 0.15) is 0 Å². The fourth-order valence-corrected chi connectivity index (χ4v) is 3.26. The summed E-state index contributed by atoms with van der Waals surface area (Å²) in [6.07, 6.45) is 6.37. The molecule has 0 spiro atoms. The summed E-state index contributed by atoms with van der Waals surface area (Å²) in [6, 6.07) is 0.380. The molecule has 0 aromatic heterocycles. The molecule has 1 aliphatic heterocycles. The summed E-state index contributed by atoms with van der Waals surface area (Å²) in [5, 5.41) is 6.40. The van der Waals surface area contributed by atoms with Crippen LogP contribution in [0, 0.1) is 0 Å². The first-order chi connectivity index (χ1) is 8.33. The Morgan fingerprint density at radius 1 is 1.47 bits per heavy atom. The highest BCUT2D eigenvalue weighted by atomic mass is 32.2. The Kier molecular flexibility index (Phi) is 9.01. The van der Waals surface area contributed by atoms with Crippen molar-refractivity contribution in [3.8, 4) is 0 Å². The SMILES string of the molecule is CSCCCCCNC(=O)CC1CSCCN1. The van der Waals surface area contributed by atoms with Gasteiger partial charge in [-0.3, -0.25) is 4.79 Å². The molecule has 2 N–H and O–H groups in total. The first-order valence-corrected chi connectivity index (χ1v) is 8.94. The van der Waals surface area contributed by atoms with Crippen LogP contribution in [0.4, 0.5) is 0 Å². The highest BCUT2D eigenvalue weighted by molar-refractivity contribution is 7.99. The Morgan fingerprint density at radius 3 is 3.06 bits per heavy atom. The summed E-state index contributed by atoms with van der Waals surface area (Å²) in [6.45, 7) is 1.88. The van der Waals surface area contributed by atoms with E-state index < -0.39 is 0 Å². The molecule has 0 bridgehead atoms. The molecule has 1 fully saturated rings. The van der Waals surface area contributed by atoms with Gasteiger partial charge in [0.2, 0.25) is 5.91 Å². The number of nitrogens with one attached hydrogen (secondary N) is 2. The number of hydrogen-bond acceptors (Lipinski definition) is 4. The maximum Gasteiger partial charge on any atom is 0.221 e. The Balaban J connectivity index is 1.93. The molecule has 1 atom stereocenters. The van der Waals surface area contributed by atoms with Crippen molar-refractivity contribution in [2.75, 3.05) is 36.6 Å². The smallest absolute Gasteiger partial charge is 0.221 e. The highest BCUT2D eigenvalue weighted by Gasteiger charge is 2.15. The molecule has 1 rings (SSSR count). The van der Waals surface area contributed by atoms with E-state index in [2.05, 4.69) is 16.9 Å². The molecule has 17 heavy (non-hydrogen) atoms. The minimum Gasteiger partial charge on any atom is -0.356 e. The molecule has 3 nitrogen and oxygen atoms in total. The van der Waals surface area contributed by atoms with Crippen LogP contribution < -0.4 is 10.6 Å². The average Bonchev–Trinajstić information content (AvgIpc) is 2.35. The second kappa shape index (κ2) is 10.1. The van der Waals surface area contributed by atoms with Gasteiger partial charge in [0.25, 0.3) is 0 Å². The molecule has 1 aliphatic rings. The van der Waals surface area contributed by atoms with Gasteiger partial charge in [-0.15, -0.1) is 0 Å². The minimum absolute atomic E-state index is 0.204. The van der Waals surface area contributed by atoms with Crippen LogP contribution >= 0.6 is 23.5 Å². The van der Waals surface area contributed by atoms with Gasteiger partial charge >= 0.3 is 0 Å². The summed E-state index contributed by atoms with van der Waals surface area (Å²) < 4.78 is 0. The summed E-state index contributed by atoms with van der Waals surface area (Å²) in [7, 11) is 0. The van der Waals surface area contributed by atoms with Crippen LogP contribution in [0.2, 0.25) is 0 Å². The maximum absolute atomic E-state index is 11.6. The Morgan fingerprint density at radius 2 is 2.35 bits per heavy atom. The Labute approximate surface area is 113 Å². The van der Waals surface area contributed by atoms with E-state index in [0.29, 0.717) is 12.5 Å². The number of carbonyl (C=O) groups excluding carboxylic acids is 1. The first kappa shape index (κ1) is 15.2. The molecule has 0 aromatic rings. The maximum atomic E-state index is 11.6. The summed E-state index contributed by atoms with van der Waals surface area (Å²) in [5.74, 6) is 3.68. The van der Waals surface area contributed by atoms with Gasteiger partial charge in [0.05, 0.1) is 0 Å². The monoisotopic (exact) mass is 276 g/mol. The van der Waals surface area contributed by atoms with Crippen molar-refractivity contribution < 1.29 is 4.79 Å². The van der Waals surface area contributed by atoms with Gasteiger partial charge in [-0.25, -0.2) is 0 Å². The third-order valence-corrected chi connectivity index (χ3v) is 4.61. The molecule has 0 radical (unpaired) electrons. The molecule has 0 aromatic carbocycles. The van der Waals surface area contributed by atoms with Gasteiger partial charge < -0.3 is 10.6 Å². The summed E-state index contributed by atoms with van der Waals surface area (Å²) >= 11 is 3.83. The number of rotatable bonds is 8. The van der Waals surface area contributed by atoms with E-state index in [-0.39, 0.29) is 5.91 Å². The van der Waals surface area contributed by atoms with Crippen LogP contribution in [0.25, 0.3) is 0 Å². The van der Waals surface area contributed by atoms with Crippen molar-refractivity contribution in [3.63, 3.8) is 0 Å². The third kappa shape index (κ3) is 7.95. The van der Waals surface area contributed by atoms with E-state index in [4.69, 9.17) is 0 Å². The molecular formula is C12H24N2OS2. The van der Waals surface area contributed by atoms with Crippen LogP contribution in [0.5, 0.6) is 0 Å². The fourth-order valence-electron chi connectivity index (χ4n) is 1.82. The lowest BCUT2D eigenvalue weighted by Crippen LogP contribution is -2.41. The summed E-state index contributed by atoms with van der Waals surface area (Å²) in [4.78, 5) is 11.6. The molecular weight excluding hydrogens is 252 g/mol. The number of carbonyl (C=O) groups is 1. The van der Waals surface area contributed by atoms with Gasteiger partial charge in [-0.1, -0.05) is 6.42 Å². The van der Waals surface area contributed by atoms with Gasteiger partial charge in [0, 0.05) is 37.1 Å². The van der Waals surface area contributed by atoms with Gasteiger partial charge in [-0.2, -0.15) is 23.5 Å². The predicted octanol–water partition coefficient (Wildman–Crippen LogP) is 1.73. The van der Waals surface area contributed by atoms with Crippen molar-refractivity contribution in [2.24, 2.45) is 0 Å². The van der Waals surface area contributed by atoms with E-state index in [1.807, 2.05) is 23.5 Å². The quantitative estimate of drug-likeness (QED) is 0.663. The first-order valence-electron chi connectivity index (χ1n) is 6.39. The lowest BCUT2D eigenvalue weighted by molar-refractivity contribution is -0.121. The summed E-state index contributed by atoms with van der Waals surface area (Å²) in [5.41, 5.74) is 0. The van der Waals surface area contributed by atoms with Crippen molar-refractivity contribution in [3.05, 3.63) is 0 Å². The molecule has 100 valence electrons. The van der Waals surface area contributed by atoms with E-state index in [1.165, 1.54) is 24.3 Å². The second-order valence-corrected chi connectivity index (χ2v) is 6.47. The molecule has 0 aliphatic carbocycles. The lowest BCUT2D eigenvalue weighted by Gasteiger charge is -2.22. The van der Waals surface area contributed by atoms with Crippen LogP contribution in [0.3, 0.4) is 0 Å². The zero-order chi connectivity index (χ0) is 12.3. The lowest BCUT2D eigenvalue weighted by atomic mass is 10.2. The zero-order valence-electron chi connectivity index (χ0n) is 10.7. The van der Waals surface area contributed by atoms with E-state index in [1.54, 1.807) is 0 Å². The van der Waals surface area contributed by atoms with Crippen LogP contribution in [-0.4, -0.2) is 48.6 Å². The number of hydrogen-bond donors (Lipinski definition) is 2. The normalized spacial score (nSPS) is 20.2. The molecule has 1 heterocycles. The third-order valence-electron chi connectivity index (χ3n) is 2.78. The van der Waals surface area contributed by atoms with Crippen LogP contribution in [0.15, 0.2) is 0 Å². The largest absolute Gasteiger partial charge is 0.356 e. The van der Waals surface area contributed by atoms with Crippen molar-refractivity contribution in [2.45, 2.75) is 31.7 Å². The Bertz CT molecular complexity index is 209. The van der Waals surface area contributed by atoms with Gasteiger partial charge in [0.15, 0.2) is 0 Å². The molecule has 1 unspecified atom stereocenters. The van der Waals surface area contributed by atoms with E-state index in [0.717, 1.165) is 25.3 Å². The second-order valence-electron chi connectivity index (χ2n) is 4.33. The number of unbranched alkanes of at least 4 members (excludes halogenated alkanes) is 2. The van der Waals surface area contributed by atoms with Gasteiger partial charge in [-0.05, 0) is 24.9 Å². The Hall–Kier alpha value is 0.130. The highest BCUT2D eigenvalue weighted by Crippen LogP contribution is 2.10. The minimum atomic E-state index is 0.204. The molecule has 0 saturated carbocycles. The van der Waals surface area contributed by atoms with Crippen LogP contribution in [-0.2, 0) is 4.79 Å². The fraction of sp³-hybridized carbons (Fsp3) is 0.917. The predicted molar refractivity (Wildman–Crippen MR) is 79.0 cm³/mol. The zero-order valence-corrected chi connectivity index (χ0v) is 12.3. The van der Waals surface area contributed by atoms with E-state index >= 15 is 0 Å². The van der Waals surface area contributed by atoms with Crippen molar-refractivity contribution in [1.82, 2.24) is 10.6 Å². The molecule has 1 amide bonds.